The highest BCUT2D eigenvalue weighted by atomic mass is 16.5. The molecule has 20 heavy (non-hydrogen) atoms. The van der Waals surface area contributed by atoms with E-state index in [4.69, 9.17) is 9.47 Å². The molecule has 3 unspecified atom stereocenters. The normalized spacial score (nSPS) is 48.2. The number of Topliss-reactive ketones (excluding diaryl/α,β-unsaturated/α-hetero) is 1. The summed E-state index contributed by atoms with van der Waals surface area (Å²) in [5, 5.41) is 0. The van der Waals surface area contributed by atoms with Gasteiger partial charge in [-0.25, -0.2) is 0 Å². The Morgan fingerprint density at radius 1 is 1.30 bits per heavy atom. The molecule has 3 fully saturated rings. The Balaban J connectivity index is 1.56. The zero-order valence-corrected chi connectivity index (χ0v) is 11.8. The summed E-state index contributed by atoms with van der Waals surface area (Å²) in [5.41, 5.74) is -1.07. The first-order valence-electron chi connectivity index (χ1n) is 7.59. The van der Waals surface area contributed by atoms with E-state index >= 15 is 0 Å². The van der Waals surface area contributed by atoms with Crippen molar-refractivity contribution in [2.45, 2.75) is 50.2 Å². The maximum Gasteiger partial charge on any atom is 0.323 e. The van der Waals surface area contributed by atoms with Gasteiger partial charge >= 0.3 is 5.97 Å². The quantitative estimate of drug-likeness (QED) is 0.449. The smallest absolute Gasteiger partial charge is 0.323 e. The molecule has 4 aliphatic carbocycles. The number of methoxy groups -OCH3 is 1. The van der Waals surface area contributed by atoms with Gasteiger partial charge < -0.3 is 9.47 Å². The molecule has 0 aromatic rings. The molecule has 0 spiro atoms. The van der Waals surface area contributed by atoms with E-state index in [2.05, 4.69) is 0 Å². The summed E-state index contributed by atoms with van der Waals surface area (Å²) in [5.74, 6) is 0.108. The van der Waals surface area contributed by atoms with Crippen molar-refractivity contribution in [3.63, 3.8) is 0 Å². The van der Waals surface area contributed by atoms with Crippen molar-refractivity contribution in [2.75, 3.05) is 7.11 Å². The van der Waals surface area contributed by atoms with E-state index in [1.165, 1.54) is 20.0 Å². The molecule has 4 rings (SSSR count). The first kappa shape index (κ1) is 12.6. The number of carbonyl (C=O) groups excluding carboxylic acids is 2. The molecule has 0 amide bonds. The van der Waals surface area contributed by atoms with Crippen molar-refractivity contribution < 1.29 is 19.1 Å². The Kier molecular flexibility index (Phi) is 2.48. The molecule has 4 bridgehead atoms. The molecule has 0 aromatic heterocycles. The predicted molar refractivity (Wildman–Crippen MR) is 70.9 cm³/mol. The van der Waals surface area contributed by atoms with Gasteiger partial charge in [0.2, 0.25) is 0 Å². The lowest BCUT2D eigenvalue weighted by atomic mass is 9.86. The van der Waals surface area contributed by atoms with Gasteiger partial charge in [-0.15, -0.1) is 0 Å². The second-order valence-electron chi connectivity index (χ2n) is 6.90. The van der Waals surface area contributed by atoms with Gasteiger partial charge in [-0.3, -0.25) is 9.59 Å². The third kappa shape index (κ3) is 1.46. The van der Waals surface area contributed by atoms with E-state index in [9.17, 15) is 9.59 Å². The molecule has 0 heterocycles. The van der Waals surface area contributed by atoms with Crippen molar-refractivity contribution in [2.24, 2.45) is 17.3 Å². The van der Waals surface area contributed by atoms with Crippen LogP contribution in [0.25, 0.3) is 0 Å². The molecule has 4 nitrogen and oxygen atoms in total. The van der Waals surface area contributed by atoms with Crippen LogP contribution >= 0.6 is 0 Å². The van der Waals surface area contributed by atoms with Crippen LogP contribution in [0.5, 0.6) is 0 Å². The molecular weight excluding hydrogens is 256 g/mol. The van der Waals surface area contributed by atoms with Crippen LogP contribution < -0.4 is 0 Å². The SMILES string of the molecule is COC(=O)C12C=CC(C1=O)C(OC13CCC(CC1)C3)C2. The van der Waals surface area contributed by atoms with E-state index in [1.807, 2.05) is 6.08 Å². The maximum atomic E-state index is 12.4. The molecule has 0 saturated heterocycles. The number of hydrogen-bond donors (Lipinski definition) is 0. The molecule has 4 heteroatoms. The third-order valence-corrected chi connectivity index (χ3v) is 5.88. The topological polar surface area (TPSA) is 52.6 Å². The molecule has 0 N–H and O–H groups in total. The summed E-state index contributed by atoms with van der Waals surface area (Å²) in [7, 11) is 1.34. The van der Waals surface area contributed by atoms with Gasteiger partial charge in [0.05, 0.1) is 24.7 Å². The van der Waals surface area contributed by atoms with Gasteiger partial charge in [-0.1, -0.05) is 12.2 Å². The fourth-order valence-corrected chi connectivity index (χ4v) is 4.81. The second-order valence-corrected chi connectivity index (χ2v) is 6.90. The van der Waals surface area contributed by atoms with E-state index in [0.29, 0.717) is 6.42 Å². The van der Waals surface area contributed by atoms with E-state index in [0.717, 1.165) is 25.2 Å². The minimum Gasteiger partial charge on any atom is -0.468 e. The molecule has 3 atom stereocenters. The predicted octanol–water partition coefficient (Wildman–Crippen LogP) is 2.02. The molecule has 108 valence electrons. The summed E-state index contributed by atoms with van der Waals surface area (Å²) in [6.45, 7) is 0. The van der Waals surface area contributed by atoms with Crippen LogP contribution in [-0.2, 0) is 19.1 Å². The van der Waals surface area contributed by atoms with Gasteiger partial charge in [0, 0.05) is 6.42 Å². The summed E-state index contributed by atoms with van der Waals surface area (Å²) in [6, 6.07) is 0. The van der Waals surface area contributed by atoms with E-state index in [-0.39, 0.29) is 23.4 Å². The standard InChI is InChI=1S/C16H20O4/c1-19-14(18)16-7-4-11(13(16)17)12(9-16)20-15-5-2-10(8-15)3-6-15/h4,7,10-12H,2-3,5-6,8-9H2,1H3. The molecule has 4 aliphatic rings. The minimum atomic E-state index is -1.06. The highest BCUT2D eigenvalue weighted by molar-refractivity contribution is 6.11. The average Bonchev–Trinajstić information content (AvgIpc) is 3.18. The van der Waals surface area contributed by atoms with Crippen LogP contribution in [0.4, 0.5) is 0 Å². The summed E-state index contributed by atoms with van der Waals surface area (Å²) in [4.78, 5) is 24.4. The van der Waals surface area contributed by atoms with Gasteiger partial charge in [-0.05, 0) is 38.0 Å². The number of hydrogen-bond acceptors (Lipinski definition) is 4. The summed E-state index contributed by atoms with van der Waals surface area (Å²) in [6.07, 6.45) is 9.79. The zero-order chi connectivity index (χ0) is 14.0. The molecule has 3 saturated carbocycles. The minimum absolute atomic E-state index is 0.00869. The average molecular weight is 276 g/mol. The molecule has 0 aliphatic heterocycles. The lowest BCUT2D eigenvalue weighted by molar-refractivity contribution is -0.153. The zero-order valence-electron chi connectivity index (χ0n) is 11.8. The van der Waals surface area contributed by atoms with Gasteiger partial charge in [0.1, 0.15) is 5.41 Å². The van der Waals surface area contributed by atoms with Gasteiger partial charge in [-0.2, -0.15) is 0 Å². The van der Waals surface area contributed by atoms with Crippen LogP contribution in [0.1, 0.15) is 38.5 Å². The number of fused-ring (bicyclic) bond motifs is 4. The van der Waals surface area contributed by atoms with Crippen molar-refractivity contribution in [3.8, 4) is 0 Å². The Morgan fingerprint density at radius 3 is 2.65 bits per heavy atom. The Bertz CT molecular complexity index is 501. The molecular formula is C16H20O4. The third-order valence-electron chi connectivity index (χ3n) is 5.88. The Labute approximate surface area is 118 Å². The fourth-order valence-electron chi connectivity index (χ4n) is 4.81. The largest absolute Gasteiger partial charge is 0.468 e. The number of ether oxygens (including phenoxy) is 2. The lowest BCUT2D eigenvalue weighted by Crippen LogP contribution is -2.36. The first-order chi connectivity index (χ1) is 9.58. The monoisotopic (exact) mass is 276 g/mol. The van der Waals surface area contributed by atoms with Crippen LogP contribution in [-0.4, -0.2) is 30.6 Å². The Morgan fingerprint density at radius 2 is 2.05 bits per heavy atom. The van der Waals surface area contributed by atoms with Crippen molar-refractivity contribution >= 4 is 11.8 Å². The van der Waals surface area contributed by atoms with Crippen LogP contribution in [0.2, 0.25) is 0 Å². The fraction of sp³-hybridized carbons (Fsp3) is 0.750. The summed E-state index contributed by atoms with van der Waals surface area (Å²) < 4.78 is 11.2. The van der Waals surface area contributed by atoms with Crippen molar-refractivity contribution in [1.82, 2.24) is 0 Å². The summed E-state index contributed by atoms with van der Waals surface area (Å²) >= 11 is 0. The highest BCUT2D eigenvalue weighted by Gasteiger charge is 2.62. The molecule has 0 radical (unpaired) electrons. The number of rotatable bonds is 3. The number of ketones is 1. The molecule has 0 aromatic carbocycles. The Hall–Kier alpha value is -1.16. The van der Waals surface area contributed by atoms with Crippen LogP contribution in [0, 0.1) is 17.3 Å². The number of carbonyl (C=O) groups is 2. The van der Waals surface area contributed by atoms with E-state index in [1.54, 1.807) is 6.08 Å². The van der Waals surface area contributed by atoms with Crippen LogP contribution in [0.15, 0.2) is 12.2 Å². The highest BCUT2D eigenvalue weighted by Crippen LogP contribution is 2.55. The number of esters is 1. The van der Waals surface area contributed by atoms with E-state index < -0.39 is 11.4 Å². The van der Waals surface area contributed by atoms with Crippen molar-refractivity contribution in [3.05, 3.63) is 12.2 Å². The second kappa shape index (κ2) is 3.94. The van der Waals surface area contributed by atoms with Gasteiger partial charge in [0.15, 0.2) is 5.78 Å². The first-order valence-corrected chi connectivity index (χ1v) is 7.59. The maximum absolute atomic E-state index is 12.4. The van der Waals surface area contributed by atoms with Crippen molar-refractivity contribution in [1.29, 1.82) is 0 Å². The van der Waals surface area contributed by atoms with Gasteiger partial charge in [0.25, 0.3) is 0 Å². The lowest BCUT2D eigenvalue weighted by Gasteiger charge is -2.33. The van der Waals surface area contributed by atoms with Crippen LogP contribution in [0.3, 0.4) is 0 Å².